The van der Waals surface area contributed by atoms with Gasteiger partial charge in [0, 0.05) is 0 Å². The highest BCUT2D eigenvalue weighted by Gasteiger charge is 2.46. The van der Waals surface area contributed by atoms with Gasteiger partial charge in [0.25, 0.3) is 0 Å². The van der Waals surface area contributed by atoms with Crippen molar-refractivity contribution < 1.29 is 0 Å². The highest BCUT2D eigenvalue weighted by molar-refractivity contribution is 6.50. The van der Waals surface area contributed by atoms with E-state index in [-0.39, 0.29) is 0 Å². The minimum atomic E-state index is -1.45. The molecule has 31 heavy (non-hydrogen) atoms. The second-order valence-electron chi connectivity index (χ2n) is 9.53. The van der Waals surface area contributed by atoms with Gasteiger partial charge in [0.05, 0.1) is 0 Å². The van der Waals surface area contributed by atoms with Crippen molar-refractivity contribution >= 4 is 14.8 Å². The minimum Gasteiger partial charge on any atom is -0.354 e. The molecule has 0 amide bonds. The van der Waals surface area contributed by atoms with Crippen LogP contribution in [0.25, 0.3) is 0 Å². The van der Waals surface area contributed by atoms with Gasteiger partial charge >= 0.3 is 14.8 Å². The molecule has 0 radical (unpaired) electrons. The number of nitrogens with zero attached hydrogens (tertiary/aromatic N) is 3. The average Bonchev–Trinajstić information content (AvgIpc) is 2.79. The fourth-order valence-corrected chi connectivity index (χ4v) is 10.1. The van der Waals surface area contributed by atoms with E-state index in [1.54, 1.807) is 0 Å². The maximum absolute atomic E-state index is 3.09. The highest BCUT2D eigenvalue weighted by Crippen LogP contribution is 2.25. The topological polar surface area (TPSA) is 9.72 Å². The van der Waals surface area contributed by atoms with E-state index in [9.17, 15) is 0 Å². The van der Waals surface area contributed by atoms with Crippen molar-refractivity contribution in [1.29, 1.82) is 0 Å². The molecule has 0 aromatic heterocycles. The summed E-state index contributed by atoms with van der Waals surface area (Å²) in [5.74, 6) is 0. The van der Waals surface area contributed by atoms with Crippen molar-refractivity contribution in [2.75, 3.05) is 19.6 Å². The third-order valence-electron chi connectivity index (χ3n) is 7.43. The smallest absolute Gasteiger partial charge is 0.354 e. The van der Waals surface area contributed by atoms with Gasteiger partial charge in [-0.05, 0) is 95.5 Å². The fourth-order valence-electron chi connectivity index (χ4n) is 5.33. The van der Waals surface area contributed by atoms with Crippen LogP contribution in [0, 0.1) is 0 Å². The zero-order valence-corrected chi connectivity index (χ0v) is 24.4. The molecule has 0 aromatic rings. The van der Waals surface area contributed by atoms with E-state index in [2.05, 4.69) is 74.0 Å². The molecule has 0 aliphatic carbocycles. The summed E-state index contributed by atoms with van der Waals surface area (Å²) in [6.45, 7) is 25.6. The zero-order valence-electron chi connectivity index (χ0n) is 23.3. The molecule has 0 aliphatic heterocycles. The predicted molar refractivity (Wildman–Crippen MR) is 144 cm³/mol. The second-order valence-corrected chi connectivity index (χ2v) is 12.2. The first-order valence-electron chi connectivity index (χ1n) is 14.3. The Morgan fingerprint density at radius 1 is 0.419 bits per heavy atom. The molecule has 0 bridgehead atoms. The molecule has 0 N–H and O–H groups in total. The van der Waals surface area contributed by atoms with E-state index in [1.807, 2.05) is 0 Å². The molecule has 4 heteroatoms. The van der Waals surface area contributed by atoms with E-state index in [0.29, 0.717) is 0 Å². The van der Waals surface area contributed by atoms with E-state index < -0.39 is 14.8 Å². The van der Waals surface area contributed by atoms with Gasteiger partial charge in [-0.1, -0.05) is 81.6 Å². The van der Waals surface area contributed by atoms with Crippen molar-refractivity contribution in [2.24, 2.45) is 0 Å². The molecule has 0 saturated heterocycles. The molecular weight excluding hydrogens is 393 g/mol. The van der Waals surface area contributed by atoms with Gasteiger partial charge < -0.3 is 11.7 Å². The molecule has 0 saturated carbocycles. The van der Waals surface area contributed by atoms with Crippen LogP contribution in [0.1, 0.15) is 139 Å². The summed E-state index contributed by atoms with van der Waals surface area (Å²) in [4.78, 5) is 0. The van der Waals surface area contributed by atoms with Gasteiger partial charge in [0.2, 0.25) is 0 Å². The average molecular weight is 454 g/mol. The fraction of sp³-hybridized carbons (Fsp3) is 1.00. The summed E-state index contributed by atoms with van der Waals surface area (Å²) in [6, 6.07) is 2.21. The molecule has 0 heterocycles. The standard InChI is InChI=1S/3C9H20N.Al/c3*1-4-7-8-10-9(5-2)6-3;/h3*9H,4-8H2,1-3H3;/q3*-1;+3. The summed E-state index contributed by atoms with van der Waals surface area (Å²) in [6.07, 6.45) is 15.7. The van der Waals surface area contributed by atoms with Gasteiger partial charge in [-0.2, -0.15) is 0 Å². The first-order valence-corrected chi connectivity index (χ1v) is 15.9. The summed E-state index contributed by atoms with van der Waals surface area (Å²) in [5.41, 5.74) is 0. The Balaban J connectivity index is 6.54. The lowest BCUT2D eigenvalue weighted by Crippen LogP contribution is -2.69. The normalized spacial score (nSPS) is 12.5. The van der Waals surface area contributed by atoms with Crippen LogP contribution in [0.3, 0.4) is 0 Å². The third-order valence-corrected chi connectivity index (χ3v) is 11.3. The Kier molecular flexibility index (Phi) is 20.1. The first-order chi connectivity index (χ1) is 15.0. The second kappa shape index (κ2) is 19.8. The number of hydrogen-bond donors (Lipinski definition) is 0. The summed E-state index contributed by atoms with van der Waals surface area (Å²) in [7, 11) is 0. The minimum absolute atomic E-state index is 0.736. The van der Waals surface area contributed by atoms with E-state index in [0.717, 1.165) is 18.1 Å². The van der Waals surface area contributed by atoms with Crippen LogP contribution in [0.5, 0.6) is 0 Å². The third kappa shape index (κ3) is 10.5. The van der Waals surface area contributed by atoms with Crippen molar-refractivity contribution in [3.8, 4) is 0 Å². The van der Waals surface area contributed by atoms with Crippen LogP contribution in [0.2, 0.25) is 0 Å². The van der Waals surface area contributed by atoms with Gasteiger partial charge in [0.1, 0.15) is 0 Å². The quantitative estimate of drug-likeness (QED) is 0.164. The SMILES string of the molecule is CCCC[N](C(CC)CC)[Al]([N](CCCC)C(CC)CC)[N](CCCC)C(CC)CC. The van der Waals surface area contributed by atoms with Crippen LogP contribution in [-0.4, -0.2) is 64.2 Å². The van der Waals surface area contributed by atoms with E-state index in [4.69, 9.17) is 0 Å². The number of hydrogen-bond acceptors (Lipinski definition) is 3. The zero-order chi connectivity index (χ0) is 23.6. The molecule has 0 unspecified atom stereocenters. The van der Waals surface area contributed by atoms with Gasteiger partial charge in [-0.15, -0.1) is 0 Å². The molecule has 3 nitrogen and oxygen atoms in total. The molecule has 0 atom stereocenters. The lowest BCUT2D eigenvalue weighted by molar-refractivity contribution is 0.161. The summed E-state index contributed by atoms with van der Waals surface area (Å²) < 4.78 is 9.27. The predicted octanol–water partition coefficient (Wildman–Crippen LogP) is 7.84. The Morgan fingerprint density at radius 2 is 0.645 bits per heavy atom. The Labute approximate surface area is 203 Å². The van der Waals surface area contributed by atoms with Crippen molar-refractivity contribution in [1.82, 2.24) is 11.7 Å². The maximum Gasteiger partial charge on any atom is 0.609 e. The first kappa shape index (κ1) is 31.4. The van der Waals surface area contributed by atoms with Crippen LogP contribution in [-0.2, 0) is 0 Å². The van der Waals surface area contributed by atoms with Crippen LogP contribution in [0.4, 0.5) is 0 Å². The lowest BCUT2D eigenvalue weighted by Gasteiger charge is -2.49. The molecular formula is C27H60AlN3. The largest absolute Gasteiger partial charge is 0.609 e. The van der Waals surface area contributed by atoms with Gasteiger partial charge in [0.15, 0.2) is 0 Å². The lowest BCUT2D eigenvalue weighted by atomic mass is 10.1. The molecule has 0 aliphatic rings. The molecule has 0 aromatic carbocycles. The van der Waals surface area contributed by atoms with E-state index >= 15 is 0 Å². The van der Waals surface area contributed by atoms with Crippen molar-refractivity contribution in [3.05, 3.63) is 0 Å². The summed E-state index contributed by atoms with van der Waals surface area (Å²) >= 11 is -1.45. The highest BCUT2D eigenvalue weighted by atomic mass is 27.2. The summed E-state index contributed by atoms with van der Waals surface area (Å²) in [5, 5.41) is 0. The van der Waals surface area contributed by atoms with Crippen LogP contribution < -0.4 is 0 Å². The molecule has 186 valence electrons. The van der Waals surface area contributed by atoms with Crippen LogP contribution in [0.15, 0.2) is 0 Å². The Morgan fingerprint density at radius 3 is 0.806 bits per heavy atom. The molecule has 0 spiro atoms. The Hall–Kier alpha value is 0.412. The number of unbranched alkanes of at least 4 members (excludes halogenated alkanes) is 3. The van der Waals surface area contributed by atoms with Crippen LogP contribution >= 0.6 is 0 Å². The monoisotopic (exact) mass is 453 g/mol. The van der Waals surface area contributed by atoms with Gasteiger partial charge in [-0.3, -0.25) is 0 Å². The maximum atomic E-state index is 3.09. The molecule has 0 rings (SSSR count). The number of rotatable bonds is 21. The van der Waals surface area contributed by atoms with Crippen molar-refractivity contribution in [3.63, 3.8) is 0 Å². The van der Waals surface area contributed by atoms with Crippen molar-refractivity contribution in [2.45, 2.75) is 157 Å². The van der Waals surface area contributed by atoms with Gasteiger partial charge in [-0.25, -0.2) is 0 Å². The Bertz CT molecular complexity index is 324. The van der Waals surface area contributed by atoms with E-state index in [1.165, 1.54) is 96.7 Å². The molecule has 0 fully saturated rings.